The lowest BCUT2D eigenvalue weighted by Gasteiger charge is -2.26. The molecular weight excluding hydrogens is 688 g/mol. The van der Waals surface area contributed by atoms with E-state index in [-0.39, 0.29) is 22.6 Å². The van der Waals surface area contributed by atoms with Crippen molar-refractivity contribution in [1.29, 1.82) is 0 Å². The van der Waals surface area contributed by atoms with Gasteiger partial charge in [0, 0.05) is 42.6 Å². The summed E-state index contributed by atoms with van der Waals surface area (Å²) in [5, 5.41) is 8.59. The topological polar surface area (TPSA) is 128 Å². The normalized spacial score (nSPS) is 18.4. The van der Waals surface area contributed by atoms with E-state index in [1.165, 1.54) is 7.05 Å². The molecule has 1 fully saturated rings. The number of aromatic nitrogens is 3. The molecule has 3 aromatic rings. The zero-order valence-corrected chi connectivity index (χ0v) is 27.7. The highest BCUT2D eigenvalue weighted by atomic mass is 79.9. The number of nitrogens with two attached hydrogens (primary N) is 1. The van der Waals surface area contributed by atoms with Crippen LogP contribution in [-0.2, 0) is 26.7 Å². The lowest BCUT2D eigenvalue weighted by Crippen LogP contribution is -2.36. The van der Waals surface area contributed by atoms with Gasteiger partial charge in [-0.25, -0.2) is 13.4 Å². The van der Waals surface area contributed by atoms with Crippen LogP contribution in [0.5, 0.6) is 0 Å². The minimum absolute atomic E-state index is 0.0667. The van der Waals surface area contributed by atoms with E-state index in [2.05, 4.69) is 58.9 Å². The number of anilines is 2. The Balaban J connectivity index is 1.76. The second kappa shape index (κ2) is 12.2. The molecule has 40 heavy (non-hydrogen) atoms. The summed E-state index contributed by atoms with van der Waals surface area (Å²) in [5.74, 6) is 2.06. The molecule has 3 atom stereocenters. The summed E-state index contributed by atoms with van der Waals surface area (Å²) >= 11 is 13.8. The number of nitrogens with zero attached hydrogens (tertiary/aromatic N) is 5. The van der Waals surface area contributed by atoms with Gasteiger partial charge in [-0.2, -0.15) is 0 Å². The zero-order valence-electron chi connectivity index (χ0n) is 23.0. The summed E-state index contributed by atoms with van der Waals surface area (Å²) in [6.07, 6.45) is 2.64. The molecule has 2 N–H and O–H groups in total. The molecule has 0 amide bonds. The minimum Gasteiger partial charge on any atom is -0.419 e. The van der Waals surface area contributed by atoms with E-state index in [0.29, 0.717) is 42.8 Å². The SMILES string of the molecule is COCCN(C[C@H]1C[C@@H]1C)c1cc(-c2nnc([C@](C)(N)Cc3ccc(Br)cc3Br)o2)c(Cl)c(N(C)S(C)(=O)=O)n1. The second-order valence-electron chi connectivity index (χ2n) is 10.6. The van der Waals surface area contributed by atoms with E-state index in [4.69, 9.17) is 26.5 Å². The highest BCUT2D eigenvalue weighted by molar-refractivity contribution is 9.11. The molecule has 1 aliphatic rings. The second-order valence-corrected chi connectivity index (χ2v) is 14.7. The van der Waals surface area contributed by atoms with E-state index in [1.54, 1.807) is 13.2 Å². The highest BCUT2D eigenvalue weighted by Crippen LogP contribution is 2.41. The number of hydrogen-bond acceptors (Lipinski definition) is 9. The molecule has 0 aliphatic heterocycles. The van der Waals surface area contributed by atoms with E-state index >= 15 is 0 Å². The molecule has 0 unspecified atom stereocenters. The number of rotatable bonds is 12. The van der Waals surface area contributed by atoms with Crippen molar-refractivity contribution < 1.29 is 17.6 Å². The van der Waals surface area contributed by atoms with E-state index in [0.717, 1.165) is 38.0 Å². The summed E-state index contributed by atoms with van der Waals surface area (Å²) < 4.78 is 39.3. The highest BCUT2D eigenvalue weighted by Gasteiger charge is 2.35. The Bertz CT molecular complexity index is 1490. The Labute approximate surface area is 256 Å². The number of benzene rings is 1. The molecule has 14 heteroatoms. The average Bonchev–Trinajstić information content (AvgIpc) is 3.34. The fourth-order valence-corrected chi connectivity index (χ4v) is 6.31. The first-order chi connectivity index (χ1) is 18.7. The lowest BCUT2D eigenvalue weighted by molar-refractivity contribution is 0.204. The predicted octanol–water partition coefficient (Wildman–Crippen LogP) is 5.23. The standard InChI is InChI=1S/C26H33Br2ClN6O4S/c1-15-10-17(15)14-35(8-9-38-4)21-12-19(22(29)23(31-21)34(3)40(5,36)37)24-32-33-25(39-24)26(2,30)13-16-6-7-18(27)11-20(16)28/h6-7,11-12,15,17H,8-10,13-14,30H2,1-5H3/t15-,17+,26+/m0/s1. The minimum atomic E-state index is -3.67. The molecule has 10 nitrogen and oxygen atoms in total. The quantitative estimate of drug-likeness (QED) is 0.268. The summed E-state index contributed by atoms with van der Waals surface area (Å²) in [5.41, 5.74) is 7.00. The van der Waals surface area contributed by atoms with Gasteiger partial charge in [-0.05, 0) is 48.9 Å². The van der Waals surface area contributed by atoms with Crippen LogP contribution in [0.15, 0.2) is 37.6 Å². The molecule has 218 valence electrons. The molecule has 0 spiro atoms. The molecule has 0 saturated heterocycles. The first kappa shape index (κ1) is 31.2. The molecule has 4 rings (SSSR count). The Kier molecular flexibility index (Phi) is 9.53. The summed E-state index contributed by atoms with van der Waals surface area (Å²) in [6.45, 7) is 5.80. The summed E-state index contributed by atoms with van der Waals surface area (Å²) in [6, 6.07) is 7.60. The van der Waals surface area contributed by atoms with Crippen LogP contribution in [-0.4, -0.2) is 63.7 Å². The van der Waals surface area contributed by atoms with Gasteiger partial charge in [-0.3, -0.25) is 4.31 Å². The van der Waals surface area contributed by atoms with Crippen molar-refractivity contribution in [2.24, 2.45) is 17.6 Å². The molecule has 1 saturated carbocycles. The lowest BCUT2D eigenvalue weighted by atomic mass is 9.94. The van der Waals surface area contributed by atoms with Crippen molar-refractivity contribution in [3.63, 3.8) is 0 Å². The molecule has 2 heterocycles. The molecule has 1 aromatic carbocycles. The van der Waals surface area contributed by atoms with Crippen molar-refractivity contribution in [3.8, 4) is 11.5 Å². The number of halogens is 3. The molecule has 1 aliphatic carbocycles. The Morgan fingerprint density at radius 3 is 2.58 bits per heavy atom. The maximum atomic E-state index is 12.5. The van der Waals surface area contributed by atoms with Gasteiger partial charge in [0.25, 0.3) is 0 Å². The zero-order chi connectivity index (χ0) is 29.4. The van der Waals surface area contributed by atoms with Crippen LogP contribution in [0.4, 0.5) is 11.6 Å². The molecular formula is C26H33Br2ClN6O4S. The molecule has 0 radical (unpaired) electrons. The van der Waals surface area contributed by atoms with Gasteiger partial charge in [-0.1, -0.05) is 56.5 Å². The Morgan fingerprint density at radius 2 is 1.98 bits per heavy atom. The molecule has 2 aromatic heterocycles. The van der Waals surface area contributed by atoms with Crippen LogP contribution in [0.1, 0.15) is 31.7 Å². The van der Waals surface area contributed by atoms with Crippen molar-refractivity contribution in [1.82, 2.24) is 15.2 Å². The van der Waals surface area contributed by atoms with Gasteiger partial charge in [0.2, 0.25) is 21.8 Å². The smallest absolute Gasteiger partial charge is 0.249 e. The van der Waals surface area contributed by atoms with Gasteiger partial charge >= 0.3 is 0 Å². The average molecular weight is 721 g/mol. The Morgan fingerprint density at radius 1 is 1.27 bits per heavy atom. The van der Waals surface area contributed by atoms with Gasteiger partial charge in [-0.15, -0.1) is 10.2 Å². The predicted molar refractivity (Wildman–Crippen MR) is 164 cm³/mol. The Hall–Kier alpha value is -1.77. The van der Waals surface area contributed by atoms with Crippen LogP contribution < -0.4 is 14.9 Å². The van der Waals surface area contributed by atoms with E-state index < -0.39 is 15.6 Å². The van der Waals surface area contributed by atoms with E-state index in [1.807, 2.05) is 25.1 Å². The van der Waals surface area contributed by atoms with Crippen molar-refractivity contribution in [3.05, 3.63) is 49.7 Å². The van der Waals surface area contributed by atoms with Crippen molar-refractivity contribution in [2.75, 3.05) is 49.3 Å². The van der Waals surface area contributed by atoms with Crippen LogP contribution in [0, 0.1) is 11.8 Å². The van der Waals surface area contributed by atoms with Crippen LogP contribution in [0.2, 0.25) is 5.02 Å². The monoisotopic (exact) mass is 718 g/mol. The van der Waals surface area contributed by atoms with Crippen molar-refractivity contribution in [2.45, 2.75) is 32.2 Å². The fraction of sp³-hybridized carbons (Fsp3) is 0.500. The molecule has 0 bridgehead atoms. The van der Waals surface area contributed by atoms with Gasteiger partial charge in [0.05, 0.1) is 29.0 Å². The third-order valence-electron chi connectivity index (χ3n) is 7.06. The van der Waals surface area contributed by atoms with Crippen LogP contribution in [0.3, 0.4) is 0 Å². The summed E-state index contributed by atoms with van der Waals surface area (Å²) in [4.78, 5) is 6.75. The van der Waals surface area contributed by atoms with E-state index in [9.17, 15) is 8.42 Å². The van der Waals surface area contributed by atoms with Crippen LogP contribution >= 0.6 is 43.5 Å². The van der Waals surface area contributed by atoms with Crippen LogP contribution in [0.25, 0.3) is 11.5 Å². The fourth-order valence-electron chi connectivity index (χ4n) is 4.32. The third-order valence-corrected chi connectivity index (χ3v) is 9.83. The van der Waals surface area contributed by atoms with Crippen molar-refractivity contribution >= 4 is 65.1 Å². The van der Waals surface area contributed by atoms with Gasteiger partial charge in [0.15, 0.2) is 5.82 Å². The third kappa shape index (κ3) is 7.16. The van der Waals surface area contributed by atoms with Gasteiger partial charge < -0.3 is 19.8 Å². The maximum absolute atomic E-state index is 12.5. The number of sulfonamides is 1. The van der Waals surface area contributed by atoms with Gasteiger partial charge in [0.1, 0.15) is 5.82 Å². The first-order valence-electron chi connectivity index (χ1n) is 12.7. The number of pyridine rings is 1. The number of hydrogen-bond donors (Lipinski definition) is 1. The largest absolute Gasteiger partial charge is 0.419 e. The number of methoxy groups -OCH3 is 1. The number of ether oxygens (including phenoxy) is 1. The summed E-state index contributed by atoms with van der Waals surface area (Å²) in [7, 11) is -0.622. The first-order valence-corrected chi connectivity index (χ1v) is 16.5. The maximum Gasteiger partial charge on any atom is 0.249 e.